The Morgan fingerprint density at radius 2 is 1.83 bits per heavy atom. The molecule has 0 atom stereocenters. The quantitative estimate of drug-likeness (QED) is 0.209. The maximum Gasteiger partial charge on any atom is 0.271 e. The van der Waals surface area contributed by atoms with Gasteiger partial charge >= 0.3 is 0 Å². The number of aromatic nitrogens is 1. The molecule has 0 spiro atoms. The van der Waals surface area contributed by atoms with Gasteiger partial charge in [0, 0.05) is 28.5 Å². The van der Waals surface area contributed by atoms with Gasteiger partial charge < -0.3 is 4.57 Å². The number of thiocarbonyl (C=S) groups is 1. The minimum absolute atomic E-state index is 0.00344. The second-order valence-corrected chi connectivity index (χ2v) is 8.66. The van der Waals surface area contributed by atoms with E-state index in [9.17, 15) is 14.9 Å². The molecule has 1 fully saturated rings. The molecule has 3 aromatic rings. The van der Waals surface area contributed by atoms with Crippen molar-refractivity contribution in [2.75, 3.05) is 4.90 Å². The van der Waals surface area contributed by atoms with Crippen LogP contribution in [-0.4, -0.2) is 19.7 Å². The van der Waals surface area contributed by atoms with Crippen LogP contribution in [0.15, 0.2) is 76.2 Å². The largest absolute Gasteiger partial charge is 0.317 e. The Morgan fingerprint density at radius 1 is 1.07 bits per heavy atom. The topological polar surface area (TPSA) is 68.4 Å². The van der Waals surface area contributed by atoms with Crippen molar-refractivity contribution in [1.29, 1.82) is 0 Å². The Labute approximate surface area is 184 Å². The molecule has 1 saturated heterocycles. The number of anilines is 1. The van der Waals surface area contributed by atoms with Gasteiger partial charge in [-0.3, -0.25) is 19.8 Å². The van der Waals surface area contributed by atoms with E-state index in [1.165, 1.54) is 28.8 Å². The predicted molar refractivity (Wildman–Crippen MR) is 122 cm³/mol. The highest BCUT2D eigenvalue weighted by atomic mass is 79.9. The Morgan fingerprint density at radius 3 is 2.55 bits per heavy atom. The highest BCUT2D eigenvalue weighted by Gasteiger charge is 2.33. The number of hydrogen-bond donors (Lipinski definition) is 0. The summed E-state index contributed by atoms with van der Waals surface area (Å²) in [6.45, 7) is 0. The summed E-state index contributed by atoms with van der Waals surface area (Å²) in [5, 5.41) is 11.1. The van der Waals surface area contributed by atoms with Crippen molar-refractivity contribution in [2.24, 2.45) is 0 Å². The molecular weight excluding hydrogens is 474 g/mol. The van der Waals surface area contributed by atoms with Gasteiger partial charge in [-0.2, -0.15) is 0 Å². The standard InChI is InChI=1S/C20H12BrN3O3S2/c21-13-6-8-14(9-7-13)23-19(25)18(29-20(23)28)12-16-5-2-10-22(16)15-3-1-4-17(11-15)24(26)27/h1-12H/b18-12-. The zero-order valence-corrected chi connectivity index (χ0v) is 17.9. The van der Waals surface area contributed by atoms with Gasteiger partial charge in [-0.1, -0.05) is 46.0 Å². The van der Waals surface area contributed by atoms with Gasteiger partial charge in [-0.15, -0.1) is 0 Å². The third-order valence-corrected chi connectivity index (χ3v) is 6.09. The van der Waals surface area contributed by atoms with E-state index in [2.05, 4.69) is 15.9 Å². The average molecular weight is 486 g/mol. The number of halogens is 1. The molecule has 0 radical (unpaired) electrons. The maximum atomic E-state index is 13.0. The first-order valence-electron chi connectivity index (χ1n) is 8.40. The molecule has 0 unspecified atom stereocenters. The minimum atomic E-state index is -0.435. The van der Waals surface area contributed by atoms with Crippen molar-refractivity contribution < 1.29 is 9.72 Å². The fraction of sp³-hybridized carbons (Fsp3) is 0. The molecule has 1 amide bonds. The lowest BCUT2D eigenvalue weighted by Crippen LogP contribution is -2.27. The van der Waals surface area contributed by atoms with Crippen molar-refractivity contribution in [3.8, 4) is 5.69 Å². The molecule has 0 saturated carbocycles. The Bertz CT molecular complexity index is 1170. The van der Waals surface area contributed by atoms with E-state index in [4.69, 9.17) is 12.2 Å². The van der Waals surface area contributed by atoms with Crippen LogP contribution >= 0.6 is 39.9 Å². The molecule has 0 aliphatic carbocycles. The number of hydrogen-bond acceptors (Lipinski definition) is 5. The molecule has 0 bridgehead atoms. The summed E-state index contributed by atoms with van der Waals surface area (Å²) in [7, 11) is 0. The normalized spacial score (nSPS) is 15.3. The monoisotopic (exact) mass is 485 g/mol. The van der Waals surface area contributed by atoms with Crippen LogP contribution in [0.5, 0.6) is 0 Å². The van der Waals surface area contributed by atoms with Crippen LogP contribution in [0.2, 0.25) is 0 Å². The third kappa shape index (κ3) is 3.89. The van der Waals surface area contributed by atoms with Crippen LogP contribution < -0.4 is 4.90 Å². The van der Waals surface area contributed by atoms with Crippen molar-refractivity contribution >= 4 is 67.6 Å². The summed E-state index contributed by atoms with van der Waals surface area (Å²) in [6, 6.07) is 17.3. The van der Waals surface area contributed by atoms with E-state index < -0.39 is 4.92 Å². The van der Waals surface area contributed by atoms with Crippen molar-refractivity contribution in [3.05, 3.63) is 92.0 Å². The van der Waals surface area contributed by atoms with E-state index in [0.717, 1.165) is 10.2 Å². The van der Waals surface area contributed by atoms with E-state index in [1.54, 1.807) is 29.0 Å². The molecule has 9 heteroatoms. The summed E-state index contributed by atoms with van der Waals surface area (Å²) in [5.41, 5.74) is 2.07. The number of nitro benzene ring substituents is 1. The van der Waals surface area contributed by atoms with Crippen molar-refractivity contribution in [3.63, 3.8) is 0 Å². The Hall–Kier alpha value is -2.75. The summed E-state index contributed by atoms with van der Waals surface area (Å²) >= 11 is 10.0. The highest BCUT2D eigenvalue weighted by molar-refractivity contribution is 9.10. The second-order valence-electron chi connectivity index (χ2n) is 6.07. The summed E-state index contributed by atoms with van der Waals surface area (Å²) in [6.07, 6.45) is 3.54. The summed E-state index contributed by atoms with van der Waals surface area (Å²) < 4.78 is 3.16. The van der Waals surface area contributed by atoms with E-state index in [-0.39, 0.29) is 11.6 Å². The molecule has 1 aromatic heterocycles. The van der Waals surface area contributed by atoms with Crippen LogP contribution in [0.25, 0.3) is 11.8 Å². The Balaban J connectivity index is 1.68. The van der Waals surface area contributed by atoms with Gasteiger partial charge in [0.1, 0.15) is 0 Å². The number of non-ortho nitro benzene ring substituents is 1. The minimum Gasteiger partial charge on any atom is -0.317 e. The Kier molecular flexibility index (Phi) is 5.35. The summed E-state index contributed by atoms with van der Waals surface area (Å²) in [5.74, 6) is -0.200. The maximum absolute atomic E-state index is 13.0. The van der Waals surface area contributed by atoms with Crippen LogP contribution in [0.1, 0.15) is 5.69 Å². The fourth-order valence-corrected chi connectivity index (χ4v) is 4.47. The fourth-order valence-electron chi connectivity index (χ4n) is 2.92. The first-order chi connectivity index (χ1) is 13.9. The third-order valence-electron chi connectivity index (χ3n) is 4.26. The SMILES string of the molecule is O=C1/C(=C/c2cccn2-c2cccc([N+](=O)[O-])c2)SC(=S)N1c1ccc(Br)cc1. The van der Waals surface area contributed by atoms with Gasteiger partial charge in [0.15, 0.2) is 4.32 Å². The number of amides is 1. The van der Waals surface area contributed by atoms with Crippen LogP contribution in [0.4, 0.5) is 11.4 Å². The van der Waals surface area contributed by atoms with E-state index in [1.807, 2.05) is 36.4 Å². The molecule has 29 heavy (non-hydrogen) atoms. The first-order valence-corrected chi connectivity index (χ1v) is 10.4. The lowest BCUT2D eigenvalue weighted by Gasteiger charge is -2.14. The van der Waals surface area contributed by atoms with Gasteiger partial charge in [-0.25, -0.2) is 0 Å². The van der Waals surface area contributed by atoms with Crippen molar-refractivity contribution in [1.82, 2.24) is 4.57 Å². The lowest BCUT2D eigenvalue weighted by atomic mass is 10.2. The average Bonchev–Trinajstić information content (AvgIpc) is 3.27. The number of carbonyl (C=O) groups is 1. The van der Waals surface area contributed by atoms with Gasteiger partial charge in [0.25, 0.3) is 11.6 Å². The highest BCUT2D eigenvalue weighted by Crippen LogP contribution is 2.36. The number of carbonyl (C=O) groups excluding carboxylic acids is 1. The van der Waals surface area contributed by atoms with Crippen LogP contribution in [0, 0.1) is 10.1 Å². The number of nitro groups is 1. The van der Waals surface area contributed by atoms with Crippen LogP contribution in [-0.2, 0) is 4.79 Å². The molecule has 144 valence electrons. The van der Waals surface area contributed by atoms with Crippen molar-refractivity contribution in [2.45, 2.75) is 0 Å². The number of rotatable bonds is 4. The van der Waals surface area contributed by atoms with Crippen LogP contribution in [0.3, 0.4) is 0 Å². The zero-order valence-electron chi connectivity index (χ0n) is 14.7. The molecule has 1 aliphatic heterocycles. The van der Waals surface area contributed by atoms with Gasteiger partial charge in [0.05, 0.1) is 21.2 Å². The molecule has 4 rings (SSSR count). The second kappa shape index (κ2) is 7.94. The van der Waals surface area contributed by atoms with E-state index >= 15 is 0 Å². The first kappa shape index (κ1) is 19.6. The summed E-state index contributed by atoms with van der Waals surface area (Å²) in [4.78, 5) is 25.6. The lowest BCUT2D eigenvalue weighted by molar-refractivity contribution is -0.384. The molecule has 0 N–H and O–H groups in total. The zero-order chi connectivity index (χ0) is 20.5. The molecule has 1 aliphatic rings. The smallest absolute Gasteiger partial charge is 0.271 e. The molecule has 2 aromatic carbocycles. The molecule has 6 nitrogen and oxygen atoms in total. The number of benzene rings is 2. The van der Waals surface area contributed by atoms with E-state index in [0.29, 0.717) is 20.6 Å². The predicted octanol–water partition coefficient (Wildman–Crippen LogP) is 5.55. The molecule has 2 heterocycles. The van der Waals surface area contributed by atoms with Gasteiger partial charge in [0.2, 0.25) is 0 Å². The molecular formula is C20H12BrN3O3S2. The van der Waals surface area contributed by atoms with Gasteiger partial charge in [-0.05, 0) is 48.5 Å². The number of thioether (sulfide) groups is 1. The number of nitrogens with zero attached hydrogens (tertiary/aromatic N) is 3.